The van der Waals surface area contributed by atoms with Gasteiger partial charge in [-0.25, -0.2) is 9.37 Å². The zero-order chi connectivity index (χ0) is 25.1. The van der Waals surface area contributed by atoms with Crippen LogP contribution in [0.25, 0.3) is 0 Å². The van der Waals surface area contributed by atoms with Gasteiger partial charge in [0.2, 0.25) is 0 Å². The van der Waals surface area contributed by atoms with E-state index in [1.54, 1.807) is 31.1 Å². The minimum atomic E-state index is -1.08. The number of carbonyl (C=O) groups is 2. The van der Waals surface area contributed by atoms with E-state index in [0.29, 0.717) is 35.6 Å². The summed E-state index contributed by atoms with van der Waals surface area (Å²) in [4.78, 5) is 29.2. The number of nitrogens with one attached hydrogen (secondary N) is 1. The van der Waals surface area contributed by atoms with Gasteiger partial charge in [-0.2, -0.15) is 5.10 Å². The van der Waals surface area contributed by atoms with Crippen LogP contribution in [0.2, 0.25) is 5.02 Å². The minimum Gasteiger partial charge on any atom is -0.384 e. The van der Waals surface area contributed by atoms with Gasteiger partial charge < -0.3 is 20.7 Å². The Morgan fingerprint density at radius 1 is 1.23 bits per heavy atom. The van der Waals surface area contributed by atoms with E-state index in [9.17, 15) is 19.1 Å². The SMILES string of the molecule is Cn1cnc(C2CC3CC(O)(c4cc(C(N)=O)nn4C)CC3C2)c1C(=O)Nc1ccc(F)c(Cl)c1. The minimum absolute atomic E-state index is 0.0690. The number of hydrogen-bond acceptors (Lipinski definition) is 5. The first-order valence-corrected chi connectivity index (χ1v) is 11.8. The summed E-state index contributed by atoms with van der Waals surface area (Å²) in [5.41, 5.74) is 6.56. The molecule has 3 aromatic rings. The summed E-state index contributed by atoms with van der Waals surface area (Å²) < 4.78 is 16.7. The number of aryl methyl sites for hydroxylation is 2. The van der Waals surface area contributed by atoms with Crippen molar-refractivity contribution < 1.29 is 19.1 Å². The topological polar surface area (TPSA) is 128 Å². The molecule has 5 rings (SSSR count). The summed E-state index contributed by atoms with van der Waals surface area (Å²) in [6, 6.07) is 5.60. The van der Waals surface area contributed by atoms with Crippen molar-refractivity contribution in [2.45, 2.75) is 37.2 Å². The number of rotatable bonds is 5. The molecule has 0 spiro atoms. The third kappa shape index (κ3) is 4.10. The van der Waals surface area contributed by atoms with Gasteiger partial charge in [-0.05, 0) is 61.8 Å². The molecule has 1 aromatic carbocycles. The van der Waals surface area contributed by atoms with Crippen LogP contribution in [0, 0.1) is 17.7 Å². The summed E-state index contributed by atoms with van der Waals surface area (Å²) in [5.74, 6) is -0.972. The Balaban J connectivity index is 1.32. The van der Waals surface area contributed by atoms with Crippen LogP contribution in [0.15, 0.2) is 30.6 Å². The van der Waals surface area contributed by atoms with Crippen molar-refractivity contribution in [2.75, 3.05) is 5.32 Å². The van der Waals surface area contributed by atoms with Crippen molar-refractivity contribution in [3.63, 3.8) is 0 Å². The number of aromatic nitrogens is 4. The molecule has 2 aliphatic rings. The van der Waals surface area contributed by atoms with E-state index >= 15 is 0 Å². The number of nitrogens with zero attached hydrogens (tertiary/aromatic N) is 4. The Morgan fingerprint density at radius 3 is 2.51 bits per heavy atom. The molecule has 2 saturated carbocycles. The summed E-state index contributed by atoms with van der Waals surface area (Å²) in [5, 5.41) is 18.3. The summed E-state index contributed by atoms with van der Waals surface area (Å²) >= 11 is 5.84. The molecule has 2 amide bonds. The smallest absolute Gasteiger partial charge is 0.274 e. The van der Waals surface area contributed by atoms with Crippen molar-refractivity contribution in [3.8, 4) is 0 Å². The number of imidazole rings is 1. The fourth-order valence-electron chi connectivity index (χ4n) is 5.91. The maximum atomic E-state index is 13.5. The second-order valence-corrected chi connectivity index (χ2v) is 10.1. The summed E-state index contributed by atoms with van der Waals surface area (Å²) in [7, 11) is 3.46. The van der Waals surface area contributed by atoms with Crippen LogP contribution in [0.1, 0.15) is 64.0 Å². The Morgan fingerprint density at radius 2 is 1.91 bits per heavy atom. The lowest BCUT2D eigenvalue weighted by Gasteiger charge is -2.25. The number of amides is 2. The number of nitrogens with two attached hydrogens (primary N) is 1. The molecule has 4 N–H and O–H groups in total. The monoisotopic (exact) mass is 500 g/mol. The van der Waals surface area contributed by atoms with Crippen molar-refractivity contribution >= 4 is 29.1 Å². The maximum absolute atomic E-state index is 13.5. The average molecular weight is 501 g/mol. The number of benzene rings is 1. The molecular weight excluding hydrogens is 475 g/mol. The quantitative estimate of drug-likeness (QED) is 0.496. The lowest BCUT2D eigenvalue weighted by Crippen LogP contribution is -2.26. The van der Waals surface area contributed by atoms with Crippen molar-refractivity contribution in [1.82, 2.24) is 19.3 Å². The highest BCUT2D eigenvalue weighted by atomic mass is 35.5. The standard InChI is InChI=1S/C24H26ClFN6O3/c1-31-11-28-20(21(31)23(34)29-15-3-4-17(26)16(25)7-15)12-5-13-9-24(35,10-14(13)6-12)19-8-18(22(27)33)30-32(19)2/h3-4,7-8,11-14,35H,5-6,9-10H2,1-2H3,(H2,27,33)(H,29,34). The highest BCUT2D eigenvalue weighted by Crippen LogP contribution is 2.56. The highest BCUT2D eigenvalue weighted by Gasteiger charge is 2.51. The van der Waals surface area contributed by atoms with Gasteiger partial charge in [-0.3, -0.25) is 14.3 Å². The van der Waals surface area contributed by atoms with Crippen LogP contribution in [-0.4, -0.2) is 36.3 Å². The molecule has 9 nitrogen and oxygen atoms in total. The summed E-state index contributed by atoms with van der Waals surface area (Å²) in [6.45, 7) is 0. The van der Waals surface area contributed by atoms with Gasteiger partial charge >= 0.3 is 0 Å². The average Bonchev–Trinajstić information content (AvgIpc) is 3.52. The van der Waals surface area contributed by atoms with Gasteiger partial charge in [0.15, 0.2) is 0 Å². The van der Waals surface area contributed by atoms with Crippen molar-refractivity contribution in [1.29, 1.82) is 0 Å². The van der Waals surface area contributed by atoms with Gasteiger partial charge in [0, 0.05) is 25.7 Å². The van der Waals surface area contributed by atoms with Gasteiger partial charge in [0.25, 0.3) is 11.8 Å². The lowest BCUT2D eigenvalue weighted by atomic mass is 9.90. The first kappa shape index (κ1) is 23.5. The normalized spacial score (nSPS) is 25.6. The molecule has 2 atom stereocenters. The van der Waals surface area contributed by atoms with E-state index in [1.807, 2.05) is 0 Å². The summed E-state index contributed by atoms with van der Waals surface area (Å²) in [6.07, 6.45) is 4.26. The largest absolute Gasteiger partial charge is 0.384 e. The van der Waals surface area contributed by atoms with E-state index in [-0.39, 0.29) is 34.4 Å². The number of aliphatic hydroxyl groups is 1. The van der Waals surface area contributed by atoms with Gasteiger partial charge in [0.1, 0.15) is 22.8 Å². The van der Waals surface area contributed by atoms with Crippen LogP contribution in [0.5, 0.6) is 0 Å². The molecule has 0 aliphatic heterocycles. The first-order valence-electron chi connectivity index (χ1n) is 11.4. The predicted molar refractivity (Wildman–Crippen MR) is 126 cm³/mol. The van der Waals surface area contributed by atoms with Gasteiger partial charge in [-0.15, -0.1) is 0 Å². The zero-order valence-corrected chi connectivity index (χ0v) is 20.1. The third-order valence-corrected chi connectivity index (χ3v) is 7.68. The second kappa shape index (κ2) is 8.46. The molecule has 2 aromatic heterocycles. The van der Waals surface area contributed by atoms with E-state index < -0.39 is 17.3 Å². The number of anilines is 1. The molecule has 184 valence electrons. The molecule has 2 heterocycles. The number of halogens is 2. The Hall–Kier alpha value is -3.24. The van der Waals surface area contributed by atoms with E-state index in [2.05, 4.69) is 15.4 Å². The molecular formula is C24H26ClFN6O3. The molecule has 11 heteroatoms. The molecule has 0 bridgehead atoms. The molecule has 2 unspecified atom stereocenters. The van der Waals surface area contributed by atoms with E-state index in [0.717, 1.165) is 12.8 Å². The van der Waals surface area contributed by atoms with Crippen LogP contribution in [0.3, 0.4) is 0 Å². The fraction of sp³-hybridized carbons (Fsp3) is 0.417. The molecule has 0 saturated heterocycles. The maximum Gasteiger partial charge on any atom is 0.274 e. The number of carbonyl (C=O) groups excluding carboxylic acids is 2. The zero-order valence-electron chi connectivity index (χ0n) is 19.3. The number of primary amides is 1. The lowest BCUT2D eigenvalue weighted by molar-refractivity contribution is 0.0263. The third-order valence-electron chi connectivity index (χ3n) is 7.39. The van der Waals surface area contributed by atoms with Crippen molar-refractivity contribution in [3.05, 3.63) is 64.2 Å². The van der Waals surface area contributed by atoms with E-state index in [1.165, 1.54) is 22.9 Å². The Kier molecular flexibility index (Phi) is 5.68. The Labute approximate surface area is 206 Å². The second-order valence-electron chi connectivity index (χ2n) is 9.70. The first-order chi connectivity index (χ1) is 16.6. The van der Waals surface area contributed by atoms with Crippen LogP contribution < -0.4 is 11.1 Å². The molecule has 0 radical (unpaired) electrons. The predicted octanol–water partition coefficient (Wildman–Crippen LogP) is 3.09. The van der Waals surface area contributed by atoms with Crippen LogP contribution in [0.4, 0.5) is 10.1 Å². The highest BCUT2D eigenvalue weighted by molar-refractivity contribution is 6.31. The van der Waals surface area contributed by atoms with Crippen molar-refractivity contribution in [2.24, 2.45) is 31.7 Å². The fourth-order valence-corrected chi connectivity index (χ4v) is 6.09. The Bertz CT molecular complexity index is 1320. The van der Waals surface area contributed by atoms with E-state index in [4.69, 9.17) is 17.3 Å². The number of fused-ring (bicyclic) bond motifs is 1. The van der Waals surface area contributed by atoms with Crippen LogP contribution >= 0.6 is 11.6 Å². The molecule has 2 aliphatic carbocycles. The number of hydrogen-bond donors (Lipinski definition) is 3. The van der Waals surface area contributed by atoms with Gasteiger partial charge in [-0.1, -0.05) is 11.6 Å². The van der Waals surface area contributed by atoms with Crippen LogP contribution in [-0.2, 0) is 19.7 Å². The van der Waals surface area contributed by atoms with Gasteiger partial charge in [0.05, 0.1) is 22.7 Å². The molecule has 2 fully saturated rings. The molecule has 35 heavy (non-hydrogen) atoms.